The van der Waals surface area contributed by atoms with Crippen molar-refractivity contribution >= 4 is 16.9 Å². The van der Waals surface area contributed by atoms with Crippen LogP contribution in [0.15, 0.2) is 64.1 Å². The molecule has 0 radical (unpaired) electrons. The van der Waals surface area contributed by atoms with E-state index in [1.807, 2.05) is 0 Å². The van der Waals surface area contributed by atoms with Crippen LogP contribution in [-0.4, -0.2) is 26.3 Å². The highest BCUT2D eigenvalue weighted by Crippen LogP contribution is 2.46. The van der Waals surface area contributed by atoms with E-state index in [-0.39, 0.29) is 46.1 Å². The summed E-state index contributed by atoms with van der Waals surface area (Å²) in [6.45, 7) is 0. The van der Waals surface area contributed by atoms with Crippen LogP contribution < -0.4 is 10.2 Å². The third-order valence-electron chi connectivity index (χ3n) is 5.29. The number of ether oxygens (including phenoxy) is 1. The monoisotopic (exact) mass is 417 g/mol. The molecule has 3 heterocycles. The number of aromatic hydroxyl groups is 3. The van der Waals surface area contributed by atoms with E-state index >= 15 is 0 Å². The number of nitrogens with zero attached hydrogens (tertiary/aromatic N) is 1. The molecule has 1 aliphatic heterocycles. The van der Waals surface area contributed by atoms with E-state index in [0.29, 0.717) is 11.1 Å². The van der Waals surface area contributed by atoms with Gasteiger partial charge in [0.25, 0.3) is 0 Å². The molecule has 2 aromatic carbocycles. The van der Waals surface area contributed by atoms with Gasteiger partial charge in [-0.2, -0.15) is 0 Å². The zero-order valence-electron chi connectivity index (χ0n) is 15.9. The molecule has 4 aromatic rings. The SMILES string of the molecule is O=C1C[C@@H](c2ccncc2)c2c(cc(O)c3c(=O)cc(-c4ccc(O)c(O)c4)oc23)O1. The number of esters is 1. The molecule has 1 aliphatic rings. The van der Waals surface area contributed by atoms with Gasteiger partial charge < -0.3 is 24.5 Å². The van der Waals surface area contributed by atoms with Crippen molar-refractivity contribution in [3.05, 3.63) is 76.2 Å². The van der Waals surface area contributed by atoms with Crippen molar-refractivity contribution in [3.63, 3.8) is 0 Å². The van der Waals surface area contributed by atoms with Crippen LogP contribution in [0.4, 0.5) is 0 Å². The Hall–Kier alpha value is -4.33. The number of carbonyl (C=O) groups excluding carboxylic acids is 1. The van der Waals surface area contributed by atoms with Crippen molar-refractivity contribution in [3.8, 4) is 34.3 Å². The number of hydrogen-bond acceptors (Lipinski definition) is 8. The fourth-order valence-electron chi connectivity index (χ4n) is 3.86. The predicted molar refractivity (Wildman–Crippen MR) is 109 cm³/mol. The Morgan fingerprint density at radius 3 is 2.42 bits per heavy atom. The molecule has 154 valence electrons. The highest BCUT2D eigenvalue weighted by molar-refractivity contribution is 5.93. The molecule has 0 aliphatic carbocycles. The van der Waals surface area contributed by atoms with Crippen LogP contribution >= 0.6 is 0 Å². The second-order valence-corrected chi connectivity index (χ2v) is 7.20. The molecule has 0 fully saturated rings. The van der Waals surface area contributed by atoms with Crippen LogP contribution in [-0.2, 0) is 4.79 Å². The lowest BCUT2D eigenvalue weighted by molar-refractivity contribution is -0.135. The largest absolute Gasteiger partial charge is 0.507 e. The molecule has 0 amide bonds. The number of hydrogen-bond donors (Lipinski definition) is 3. The maximum Gasteiger partial charge on any atom is 0.312 e. The predicted octanol–water partition coefficient (Wildman–Crippen LogP) is 3.41. The summed E-state index contributed by atoms with van der Waals surface area (Å²) in [6.07, 6.45) is 3.21. The van der Waals surface area contributed by atoms with Crippen LogP contribution in [0.5, 0.6) is 23.0 Å². The number of phenolic OH excluding ortho intramolecular Hbond substituents is 3. The number of carbonyl (C=O) groups is 1. The summed E-state index contributed by atoms with van der Waals surface area (Å²) < 4.78 is 11.4. The van der Waals surface area contributed by atoms with E-state index in [2.05, 4.69) is 4.98 Å². The molecular formula is C23H15NO7. The maximum atomic E-state index is 12.9. The second-order valence-electron chi connectivity index (χ2n) is 7.20. The molecule has 0 saturated heterocycles. The van der Waals surface area contributed by atoms with E-state index < -0.39 is 17.3 Å². The van der Waals surface area contributed by atoms with Crippen molar-refractivity contribution in [2.24, 2.45) is 0 Å². The van der Waals surface area contributed by atoms with Crippen molar-refractivity contribution < 1.29 is 29.3 Å². The van der Waals surface area contributed by atoms with E-state index in [1.165, 1.54) is 30.3 Å². The van der Waals surface area contributed by atoms with Crippen LogP contribution in [0.1, 0.15) is 23.5 Å². The van der Waals surface area contributed by atoms with Gasteiger partial charge in [-0.15, -0.1) is 0 Å². The molecule has 8 heteroatoms. The Bertz CT molecular complexity index is 1410. The first-order valence-corrected chi connectivity index (χ1v) is 9.39. The van der Waals surface area contributed by atoms with E-state index in [4.69, 9.17) is 9.15 Å². The molecular weight excluding hydrogens is 402 g/mol. The molecule has 0 spiro atoms. The normalized spacial score (nSPS) is 15.5. The summed E-state index contributed by atoms with van der Waals surface area (Å²) in [4.78, 5) is 29.1. The van der Waals surface area contributed by atoms with Crippen molar-refractivity contribution in [2.75, 3.05) is 0 Å². The van der Waals surface area contributed by atoms with E-state index in [9.17, 15) is 24.9 Å². The molecule has 8 nitrogen and oxygen atoms in total. The second kappa shape index (κ2) is 6.88. The maximum absolute atomic E-state index is 12.9. The number of fused-ring (bicyclic) bond motifs is 3. The van der Waals surface area contributed by atoms with Crippen LogP contribution in [0.2, 0.25) is 0 Å². The Labute approximate surface area is 174 Å². The van der Waals surface area contributed by atoms with Gasteiger partial charge in [-0.1, -0.05) is 0 Å². The minimum atomic E-state index is -0.505. The number of benzene rings is 2. The molecule has 0 unspecified atom stereocenters. The van der Waals surface area contributed by atoms with Crippen molar-refractivity contribution in [1.29, 1.82) is 0 Å². The van der Waals surface area contributed by atoms with Gasteiger partial charge in [0.2, 0.25) is 0 Å². The van der Waals surface area contributed by atoms with Crippen molar-refractivity contribution in [2.45, 2.75) is 12.3 Å². The van der Waals surface area contributed by atoms with Gasteiger partial charge >= 0.3 is 5.97 Å². The van der Waals surface area contributed by atoms with E-state index in [1.54, 1.807) is 24.5 Å². The van der Waals surface area contributed by atoms with Gasteiger partial charge in [-0.05, 0) is 35.9 Å². The number of pyridine rings is 1. The topological polar surface area (TPSA) is 130 Å². The minimum absolute atomic E-state index is 0.0187. The standard InChI is InChI=1S/C23H15NO7/c25-14-2-1-12(7-15(14)26)18-9-16(27)22-17(28)10-19-21(23(22)31-18)13(8-20(29)30-19)11-3-5-24-6-4-11/h1-7,9-10,13,25-26,28H,8H2/t13-/m0/s1. The quantitative estimate of drug-likeness (QED) is 0.257. The highest BCUT2D eigenvalue weighted by atomic mass is 16.5. The van der Waals surface area contributed by atoms with Gasteiger partial charge in [0.15, 0.2) is 16.9 Å². The van der Waals surface area contributed by atoms with Gasteiger partial charge in [-0.25, -0.2) is 0 Å². The number of phenols is 3. The molecule has 5 rings (SSSR count). The minimum Gasteiger partial charge on any atom is -0.507 e. The lowest BCUT2D eigenvalue weighted by Gasteiger charge is -2.26. The Balaban J connectivity index is 1.83. The zero-order valence-corrected chi connectivity index (χ0v) is 15.9. The fourth-order valence-corrected chi connectivity index (χ4v) is 3.86. The van der Waals surface area contributed by atoms with Crippen LogP contribution in [0, 0.1) is 0 Å². The number of rotatable bonds is 2. The molecule has 31 heavy (non-hydrogen) atoms. The summed E-state index contributed by atoms with van der Waals surface area (Å²) in [5, 5.41) is 29.8. The lowest BCUT2D eigenvalue weighted by Crippen LogP contribution is -2.22. The zero-order chi connectivity index (χ0) is 21.7. The summed E-state index contributed by atoms with van der Waals surface area (Å²) >= 11 is 0. The molecule has 0 saturated carbocycles. The smallest absolute Gasteiger partial charge is 0.312 e. The highest BCUT2D eigenvalue weighted by Gasteiger charge is 2.33. The third kappa shape index (κ3) is 3.05. The average molecular weight is 417 g/mol. The first-order valence-electron chi connectivity index (χ1n) is 9.39. The van der Waals surface area contributed by atoms with Crippen LogP contribution in [0.3, 0.4) is 0 Å². The van der Waals surface area contributed by atoms with Gasteiger partial charge in [0, 0.05) is 41.6 Å². The van der Waals surface area contributed by atoms with Gasteiger partial charge in [0.05, 0.1) is 6.42 Å². The Kier molecular flexibility index (Phi) is 4.14. The first kappa shape index (κ1) is 18.7. The summed E-state index contributed by atoms with van der Waals surface area (Å²) in [5.74, 6) is -1.79. The third-order valence-corrected chi connectivity index (χ3v) is 5.29. The molecule has 1 atom stereocenters. The fraction of sp³-hybridized carbons (Fsp3) is 0.0870. The van der Waals surface area contributed by atoms with Gasteiger partial charge in [-0.3, -0.25) is 14.6 Å². The molecule has 3 N–H and O–H groups in total. The lowest BCUT2D eigenvalue weighted by atomic mass is 9.85. The van der Waals surface area contributed by atoms with Gasteiger partial charge in [0.1, 0.15) is 28.2 Å². The first-order chi connectivity index (χ1) is 14.9. The molecule has 0 bridgehead atoms. The van der Waals surface area contributed by atoms with Crippen LogP contribution in [0.25, 0.3) is 22.3 Å². The summed E-state index contributed by atoms with van der Waals surface area (Å²) in [7, 11) is 0. The Morgan fingerprint density at radius 1 is 0.903 bits per heavy atom. The summed E-state index contributed by atoms with van der Waals surface area (Å²) in [6, 6.07) is 9.96. The van der Waals surface area contributed by atoms with E-state index in [0.717, 1.165) is 5.56 Å². The number of aromatic nitrogens is 1. The van der Waals surface area contributed by atoms with Crippen molar-refractivity contribution in [1.82, 2.24) is 4.98 Å². The summed E-state index contributed by atoms with van der Waals surface area (Å²) in [5.41, 5.74) is 1.16. The Morgan fingerprint density at radius 2 is 1.68 bits per heavy atom. The average Bonchev–Trinajstić information content (AvgIpc) is 2.75. The molecule has 2 aromatic heterocycles.